The van der Waals surface area contributed by atoms with Gasteiger partial charge in [-0.1, -0.05) is 15.9 Å². The molecule has 2 aromatic heterocycles. The third-order valence-electron chi connectivity index (χ3n) is 2.47. The van der Waals surface area contributed by atoms with E-state index in [1.54, 1.807) is 13.4 Å². The second-order valence-corrected chi connectivity index (χ2v) is 5.84. The van der Waals surface area contributed by atoms with Gasteiger partial charge < -0.3 is 5.32 Å². The molecule has 0 aliphatic heterocycles. The summed E-state index contributed by atoms with van der Waals surface area (Å²) in [5, 5.41) is 7.54. The van der Waals surface area contributed by atoms with E-state index < -0.39 is 0 Å². The maximum atomic E-state index is 4.39. The van der Waals surface area contributed by atoms with Crippen LogP contribution < -0.4 is 5.32 Å². The summed E-state index contributed by atoms with van der Waals surface area (Å²) in [4.78, 5) is 17.9. The second kappa shape index (κ2) is 6.19. The summed E-state index contributed by atoms with van der Waals surface area (Å²) < 4.78 is 2.52. The van der Waals surface area contributed by atoms with Crippen LogP contribution in [0.25, 0.3) is 5.95 Å². The molecule has 21 heavy (non-hydrogen) atoms. The number of nitrogens with zero attached hydrogens (tertiary/aromatic N) is 6. The topological polar surface area (TPSA) is 81.4 Å². The number of anilines is 1. The number of hydrogen-bond acceptors (Lipinski definition) is 7. The van der Waals surface area contributed by atoms with Gasteiger partial charge in [-0.2, -0.15) is 24.7 Å². The maximum Gasteiger partial charge on any atom is 0.257 e. The molecule has 9 heteroatoms. The number of benzene rings is 1. The molecule has 1 N–H and O–H groups in total. The highest BCUT2D eigenvalue weighted by atomic mass is 79.9. The first-order valence-corrected chi connectivity index (χ1v) is 7.58. The molecule has 0 aliphatic carbocycles. The first-order valence-electron chi connectivity index (χ1n) is 5.97. The number of nitrogens with one attached hydrogen (secondary N) is 1. The molecule has 0 unspecified atom stereocenters. The Labute approximate surface area is 133 Å². The molecule has 0 fully saturated rings. The highest BCUT2D eigenvalue weighted by Crippen LogP contribution is 2.26. The average molecular weight is 364 g/mol. The van der Waals surface area contributed by atoms with E-state index in [0.717, 1.165) is 9.37 Å². The minimum atomic E-state index is 0.423. The van der Waals surface area contributed by atoms with Crippen molar-refractivity contribution in [2.45, 2.75) is 10.1 Å². The van der Waals surface area contributed by atoms with Gasteiger partial charge in [0.2, 0.25) is 5.95 Å². The van der Waals surface area contributed by atoms with E-state index in [2.05, 4.69) is 46.3 Å². The van der Waals surface area contributed by atoms with Gasteiger partial charge in [0.15, 0.2) is 5.16 Å². The third kappa shape index (κ3) is 3.37. The van der Waals surface area contributed by atoms with E-state index in [1.165, 1.54) is 22.8 Å². The number of aromatic nitrogens is 6. The van der Waals surface area contributed by atoms with Crippen LogP contribution in [-0.4, -0.2) is 36.8 Å². The molecule has 0 aliphatic rings. The Morgan fingerprint density at radius 2 is 1.95 bits per heavy atom. The normalized spacial score (nSPS) is 10.6. The highest BCUT2D eigenvalue weighted by molar-refractivity contribution is 9.10. The largest absolute Gasteiger partial charge is 0.357 e. The van der Waals surface area contributed by atoms with Crippen LogP contribution >= 0.6 is 27.7 Å². The minimum Gasteiger partial charge on any atom is -0.357 e. The Hall–Kier alpha value is -2.00. The first-order chi connectivity index (χ1) is 10.2. The van der Waals surface area contributed by atoms with Crippen LogP contribution in [0.1, 0.15) is 0 Å². The SMILES string of the molecule is CNc1nc(Sc2ccc(Br)cc2)nc(-n2cncn2)n1. The lowest BCUT2D eigenvalue weighted by molar-refractivity contribution is 0.761. The molecule has 1 aromatic carbocycles. The molecule has 3 rings (SSSR count). The lowest BCUT2D eigenvalue weighted by atomic mass is 10.4. The lowest BCUT2D eigenvalue weighted by Crippen LogP contribution is -2.07. The van der Waals surface area contributed by atoms with Gasteiger partial charge in [0.1, 0.15) is 12.7 Å². The summed E-state index contributed by atoms with van der Waals surface area (Å²) in [5.74, 6) is 0.904. The smallest absolute Gasteiger partial charge is 0.257 e. The number of rotatable bonds is 4. The van der Waals surface area contributed by atoms with E-state index >= 15 is 0 Å². The summed E-state index contributed by atoms with van der Waals surface area (Å²) in [6, 6.07) is 7.93. The van der Waals surface area contributed by atoms with Crippen molar-refractivity contribution in [3.05, 3.63) is 41.4 Å². The predicted octanol–water partition coefficient (Wildman–Crippen LogP) is 2.41. The Morgan fingerprint density at radius 3 is 2.62 bits per heavy atom. The van der Waals surface area contributed by atoms with E-state index in [1.807, 2.05) is 24.3 Å². The zero-order chi connectivity index (χ0) is 14.7. The zero-order valence-corrected chi connectivity index (χ0v) is 13.3. The van der Waals surface area contributed by atoms with Crippen LogP contribution in [0.4, 0.5) is 5.95 Å². The molecule has 7 nitrogen and oxygen atoms in total. The van der Waals surface area contributed by atoms with Crippen LogP contribution in [0, 0.1) is 0 Å². The van der Waals surface area contributed by atoms with Gasteiger partial charge in [-0.15, -0.1) is 0 Å². The van der Waals surface area contributed by atoms with Crippen LogP contribution in [0.2, 0.25) is 0 Å². The summed E-state index contributed by atoms with van der Waals surface area (Å²) in [7, 11) is 1.76. The highest BCUT2D eigenvalue weighted by Gasteiger charge is 2.09. The summed E-state index contributed by atoms with van der Waals surface area (Å²) >= 11 is 4.87. The van der Waals surface area contributed by atoms with Gasteiger partial charge in [0.05, 0.1) is 0 Å². The van der Waals surface area contributed by atoms with E-state index in [0.29, 0.717) is 17.1 Å². The van der Waals surface area contributed by atoms with Crippen molar-refractivity contribution in [1.29, 1.82) is 0 Å². The van der Waals surface area contributed by atoms with Crippen molar-refractivity contribution in [3.63, 3.8) is 0 Å². The Kier molecular flexibility index (Phi) is 4.11. The van der Waals surface area contributed by atoms with Gasteiger partial charge in [0, 0.05) is 16.4 Å². The van der Waals surface area contributed by atoms with Gasteiger partial charge in [-0.3, -0.25) is 0 Å². The van der Waals surface area contributed by atoms with Crippen molar-refractivity contribution in [1.82, 2.24) is 29.7 Å². The molecule has 106 valence electrons. The fraction of sp³-hybridized carbons (Fsp3) is 0.0833. The summed E-state index contributed by atoms with van der Waals surface area (Å²) in [6.45, 7) is 0. The quantitative estimate of drug-likeness (QED) is 0.761. The molecule has 0 spiro atoms. The van der Waals surface area contributed by atoms with E-state index in [-0.39, 0.29) is 0 Å². The van der Waals surface area contributed by atoms with Gasteiger partial charge in [-0.05, 0) is 36.0 Å². The molecule has 0 saturated carbocycles. The Balaban J connectivity index is 1.94. The van der Waals surface area contributed by atoms with E-state index in [9.17, 15) is 0 Å². The molecular formula is C12H10BrN7S. The predicted molar refractivity (Wildman–Crippen MR) is 82.6 cm³/mol. The standard InChI is InChI=1S/C12H10BrN7S/c1-14-10-17-11(20-7-15-6-16-20)19-12(18-10)21-9-4-2-8(13)3-5-9/h2-7H,1H3,(H,14,17,18,19). The first kappa shape index (κ1) is 14.0. The zero-order valence-electron chi connectivity index (χ0n) is 10.9. The molecule has 3 aromatic rings. The Bertz CT molecular complexity index is 730. The molecular weight excluding hydrogens is 354 g/mol. The van der Waals surface area contributed by atoms with E-state index in [4.69, 9.17) is 0 Å². The summed E-state index contributed by atoms with van der Waals surface area (Å²) in [6.07, 6.45) is 2.98. The van der Waals surface area contributed by atoms with Crippen LogP contribution in [0.5, 0.6) is 0 Å². The fourth-order valence-electron chi connectivity index (χ4n) is 1.53. The molecule has 0 amide bonds. The van der Waals surface area contributed by atoms with Gasteiger partial charge in [0.25, 0.3) is 5.95 Å². The van der Waals surface area contributed by atoms with Crippen molar-refractivity contribution in [2.24, 2.45) is 0 Å². The van der Waals surface area contributed by atoms with Gasteiger partial charge >= 0.3 is 0 Å². The van der Waals surface area contributed by atoms with Gasteiger partial charge in [-0.25, -0.2) is 4.98 Å². The molecule has 0 radical (unpaired) electrons. The molecule has 2 heterocycles. The second-order valence-electron chi connectivity index (χ2n) is 3.89. The monoisotopic (exact) mass is 363 g/mol. The minimum absolute atomic E-state index is 0.423. The number of halogens is 1. The van der Waals surface area contributed by atoms with Crippen molar-refractivity contribution < 1.29 is 0 Å². The lowest BCUT2D eigenvalue weighted by Gasteiger charge is -2.06. The molecule has 0 saturated heterocycles. The average Bonchev–Trinajstić information content (AvgIpc) is 3.04. The molecule has 0 atom stereocenters. The van der Waals surface area contributed by atoms with Crippen molar-refractivity contribution in [2.75, 3.05) is 12.4 Å². The van der Waals surface area contributed by atoms with Crippen LogP contribution in [-0.2, 0) is 0 Å². The van der Waals surface area contributed by atoms with Crippen molar-refractivity contribution >= 4 is 33.6 Å². The number of hydrogen-bond donors (Lipinski definition) is 1. The van der Waals surface area contributed by atoms with Crippen molar-refractivity contribution in [3.8, 4) is 5.95 Å². The fourth-order valence-corrected chi connectivity index (χ4v) is 2.53. The molecule has 0 bridgehead atoms. The third-order valence-corrected chi connectivity index (χ3v) is 3.87. The van der Waals surface area contributed by atoms with Crippen LogP contribution in [0.3, 0.4) is 0 Å². The summed E-state index contributed by atoms with van der Waals surface area (Å²) in [5.41, 5.74) is 0. The van der Waals surface area contributed by atoms with Crippen LogP contribution in [0.15, 0.2) is 51.4 Å². The Morgan fingerprint density at radius 1 is 1.14 bits per heavy atom. The maximum absolute atomic E-state index is 4.39.